The maximum absolute atomic E-state index is 9.47. The second kappa shape index (κ2) is 8.08. The number of aliphatic hydroxyl groups is 2. The lowest BCUT2D eigenvalue weighted by atomic mass is 9.82. The van der Waals surface area contributed by atoms with Gasteiger partial charge >= 0.3 is 0 Å². The molecule has 0 unspecified atom stereocenters. The molecule has 15 heavy (non-hydrogen) atoms. The molecule has 0 radical (unpaired) electrons. The zero-order chi connectivity index (χ0) is 11.7. The Balaban J connectivity index is 4.30. The highest BCUT2D eigenvalue weighted by atomic mass is 16.3. The second-order valence-corrected chi connectivity index (χ2v) is 4.36. The summed E-state index contributed by atoms with van der Waals surface area (Å²) in [6, 6.07) is 0. The van der Waals surface area contributed by atoms with Crippen molar-refractivity contribution in [3.8, 4) is 0 Å². The fourth-order valence-electron chi connectivity index (χ4n) is 1.95. The number of rotatable bonds is 9. The molecule has 0 saturated heterocycles. The molecule has 0 bridgehead atoms. The van der Waals surface area contributed by atoms with Crippen LogP contribution in [-0.4, -0.2) is 48.0 Å². The summed E-state index contributed by atoms with van der Waals surface area (Å²) in [6.45, 7) is 9.46. The van der Waals surface area contributed by atoms with Crippen LogP contribution in [0.15, 0.2) is 0 Å². The van der Waals surface area contributed by atoms with E-state index in [4.69, 9.17) is 5.11 Å². The normalized spacial score (nSPS) is 12.4. The van der Waals surface area contributed by atoms with Gasteiger partial charge in [-0.2, -0.15) is 0 Å². The molecule has 92 valence electrons. The summed E-state index contributed by atoms with van der Waals surface area (Å²) in [7, 11) is 0. The lowest BCUT2D eigenvalue weighted by molar-refractivity contribution is 0.0581. The molecule has 0 aliphatic heterocycles. The molecule has 0 heterocycles. The molecule has 0 aliphatic rings. The van der Waals surface area contributed by atoms with Gasteiger partial charge in [-0.25, -0.2) is 0 Å². The molecule has 2 N–H and O–H groups in total. The van der Waals surface area contributed by atoms with Gasteiger partial charge in [0.05, 0.1) is 6.61 Å². The first kappa shape index (κ1) is 14.9. The topological polar surface area (TPSA) is 43.7 Å². The van der Waals surface area contributed by atoms with Crippen LogP contribution in [0, 0.1) is 5.41 Å². The zero-order valence-corrected chi connectivity index (χ0v) is 10.5. The monoisotopic (exact) mass is 217 g/mol. The van der Waals surface area contributed by atoms with Crippen LogP contribution in [-0.2, 0) is 0 Å². The third-order valence-electron chi connectivity index (χ3n) is 3.35. The summed E-state index contributed by atoms with van der Waals surface area (Å²) >= 11 is 0. The minimum Gasteiger partial charge on any atom is -0.396 e. The van der Waals surface area contributed by atoms with Crippen molar-refractivity contribution in [2.75, 3.05) is 32.8 Å². The van der Waals surface area contributed by atoms with Crippen molar-refractivity contribution < 1.29 is 10.2 Å². The molecule has 0 aliphatic carbocycles. The van der Waals surface area contributed by atoms with E-state index in [2.05, 4.69) is 25.7 Å². The third kappa shape index (κ3) is 4.96. The molecule has 3 nitrogen and oxygen atoms in total. The van der Waals surface area contributed by atoms with Crippen molar-refractivity contribution >= 4 is 0 Å². The lowest BCUT2D eigenvalue weighted by Crippen LogP contribution is -2.41. The smallest absolute Gasteiger partial charge is 0.0558 e. The van der Waals surface area contributed by atoms with Gasteiger partial charge in [-0.15, -0.1) is 0 Å². The highest BCUT2D eigenvalue weighted by Gasteiger charge is 2.27. The van der Waals surface area contributed by atoms with Crippen molar-refractivity contribution in [3.05, 3.63) is 0 Å². The van der Waals surface area contributed by atoms with Crippen LogP contribution >= 0.6 is 0 Å². The van der Waals surface area contributed by atoms with Crippen molar-refractivity contribution in [3.63, 3.8) is 0 Å². The Labute approximate surface area is 94.1 Å². The molecule has 0 atom stereocenters. The van der Waals surface area contributed by atoms with Crippen molar-refractivity contribution in [1.82, 2.24) is 4.90 Å². The van der Waals surface area contributed by atoms with E-state index in [1.54, 1.807) is 0 Å². The van der Waals surface area contributed by atoms with Crippen LogP contribution in [0.4, 0.5) is 0 Å². The molecule has 0 saturated carbocycles. The highest BCUT2D eigenvalue weighted by molar-refractivity contribution is 4.79. The van der Waals surface area contributed by atoms with Gasteiger partial charge in [0.2, 0.25) is 0 Å². The quantitative estimate of drug-likeness (QED) is 0.615. The van der Waals surface area contributed by atoms with Crippen molar-refractivity contribution in [2.45, 2.75) is 40.0 Å². The van der Waals surface area contributed by atoms with Crippen LogP contribution in [0.1, 0.15) is 40.0 Å². The van der Waals surface area contributed by atoms with Crippen molar-refractivity contribution in [1.29, 1.82) is 0 Å². The van der Waals surface area contributed by atoms with Crippen LogP contribution in [0.3, 0.4) is 0 Å². The summed E-state index contributed by atoms with van der Waals surface area (Å²) in [5.74, 6) is 0. The van der Waals surface area contributed by atoms with Gasteiger partial charge in [-0.1, -0.05) is 20.8 Å². The average molecular weight is 217 g/mol. The Kier molecular flexibility index (Phi) is 8.02. The fraction of sp³-hybridized carbons (Fsp3) is 1.00. The Bertz CT molecular complexity index is 132. The summed E-state index contributed by atoms with van der Waals surface area (Å²) in [6.07, 6.45) is 3.08. The molecule has 0 fully saturated rings. The maximum Gasteiger partial charge on any atom is 0.0558 e. The third-order valence-corrected chi connectivity index (χ3v) is 3.35. The number of nitrogens with zero attached hydrogens (tertiary/aromatic N) is 1. The van der Waals surface area contributed by atoms with Gasteiger partial charge in [0.1, 0.15) is 0 Å². The van der Waals surface area contributed by atoms with Gasteiger partial charge in [-0.05, 0) is 25.8 Å². The predicted molar refractivity (Wildman–Crippen MR) is 63.9 cm³/mol. The summed E-state index contributed by atoms with van der Waals surface area (Å²) < 4.78 is 0. The van der Waals surface area contributed by atoms with E-state index < -0.39 is 0 Å². The van der Waals surface area contributed by atoms with Crippen LogP contribution < -0.4 is 0 Å². The van der Waals surface area contributed by atoms with Gasteiger partial charge in [0.25, 0.3) is 0 Å². The van der Waals surface area contributed by atoms with Gasteiger partial charge in [0, 0.05) is 25.1 Å². The summed E-state index contributed by atoms with van der Waals surface area (Å²) in [5, 5.41) is 18.4. The Morgan fingerprint density at radius 3 is 1.93 bits per heavy atom. The van der Waals surface area contributed by atoms with E-state index in [-0.39, 0.29) is 18.6 Å². The maximum atomic E-state index is 9.47. The molecule has 0 aromatic heterocycles. The summed E-state index contributed by atoms with van der Waals surface area (Å²) in [4.78, 5) is 2.25. The van der Waals surface area contributed by atoms with Crippen LogP contribution in [0.25, 0.3) is 0 Å². The van der Waals surface area contributed by atoms with Crippen LogP contribution in [0.5, 0.6) is 0 Å². The largest absolute Gasteiger partial charge is 0.396 e. The minimum absolute atomic E-state index is 0.0182. The molecule has 3 heteroatoms. The Morgan fingerprint density at radius 2 is 1.60 bits per heavy atom. The molecule has 0 spiro atoms. The molecule has 0 amide bonds. The van der Waals surface area contributed by atoms with E-state index in [0.717, 1.165) is 38.9 Å². The molecular weight excluding hydrogens is 190 g/mol. The summed E-state index contributed by atoms with van der Waals surface area (Å²) in [5.41, 5.74) is 0.0182. The standard InChI is InChI=1S/C12H27NO2/c1-4-7-13(8-9-14)10-12(5-2,6-3)11-15/h14-15H,4-11H2,1-3H3. The minimum atomic E-state index is 0.0182. The number of hydrogen-bond donors (Lipinski definition) is 2. The zero-order valence-electron chi connectivity index (χ0n) is 10.5. The molecule has 0 aromatic carbocycles. The average Bonchev–Trinajstić information content (AvgIpc) is 2.27. The van der Waals surface area contributed by atoms with E-state index in [0.29, 0.717) is 0 Å². The van der Waals surface area contributed by atoms with Gasteiger partial charge < -0.3 is 15.1 Å². The number of aliphatic hydroxyl groups excluding tert-OH is 2. The Morgan fingerprint density at radius 1 is 1.00 bits per heavy atom. The fourth-order valence-corrected chi connectivity index (χ4v) is 1.95. The van der Waals surface area contributed by atoms with Gasteiger partial charge in [-0.3, -0.25) is 0 Å². The van der Waals surface area contributed by atoms with Gasteiger partial charge in [0.15, 0.2) is 0 Å². The first-order valence-corrected chi connectivity index (χ1v) is 6.12. The van der Waals surface area contributed by atoms with E-state index in [1.165, 1.54) is 0 Å². The second-order valence-electron chi connectivity index (χ2n) is 4.36. The van der Waals surface area contributed by atoms with E-state index in [9.17, 15) is 5.11 Å². The molecule has 0 rings (SSSR count). The lowest BCUT2D eigenvalue weighted by Gasteiger charge is -2.35. The van der Waals surface area contributed by atoms with Crippen LogP contribution in [0.2, 0.25) is 0 Å². The predicted octanol–water partition coefficient (Wildman–Crippen LogP) is 1.49. The Hall–Kier alpha value is -0.120. The SMILES string of the molecule is CCCN(CCO)CC(CC)(CC)CO. The molecular formula is C12H27NO2. The first-order valence-electron chi connectivity index (χ1n) is 6.12. The van der Waals surface area contributed by atoms with E-state index >= 15 is 0 Å². The van der Waals surface area contributed by atoms with Crippen molar-refractivity contribution in [2.24, 2.45) is 5.41 Å². The number of hydrogen-bond acceptors (Lipinski definition) is 3. The molecule has 0 aromatic rings. The first-order chi connectivity index (χ1) is 7.17. The highest BCUT2D eigenvalue weighted by Crippen LogP contribution is 2.26. The van der Waals surface area contributed by atoms with E-state index in [1.807, 2.05) is 0 Å².